The van der Waals surface area contributed by atoms with Gasteiger partial charge in [-0.2, -0.15) is 0 Å². The number of nitrogens with one attached hydrogen (secondary N) is 1. The van der Waals surface area contributed by atoms with E-state index in [1.165, 1.54) is 4.90 Å². The fourth-order valence-corrected chi connectivity index (χ4v) is 2.22. The highest BCUT2D eigenvalue weighted by atomic mass is 79.9. The molecule has 0 atom stereocenters. The van der Waals surface area contributed by atoms with E-state index in [1.807, 2.05) is 13.8 Å². The smallest absolute Gasteiger partial charge is 0.254 e. The molecule has 0 saturated carbocycles. The molecule has 6 heteroatoms. The van der Waals surface area contributed by atoms with Crippen LogP contribution >= 0.6 is 15.9 Å². The minimum absolute atomic E-state index is 0.0284. The summed E-state index contributed by atoms with van der Waals surface area (Å²) in [6, 6.07) is 5.11. The SMILES string of the molecule is COc1ccc(C(=O)N(C)CC(=O)NC(C)C)cc1Br. The lowest BCUT2D eigenvalue weighted by Gasteiger charge is -2.18. The number of benzene rings is 1. The minimum Gasteiger partial charge on any atom is -0.496 e. The highest BCUT2D eigenvalue weighted by molar-refractivity contribution is 9.10. The maximum Gasteiger partial charge on any atom is 0.254 e. The van der Waals surface area contributed by atoms with Crippen LogP contribution in [0.4, 0.5) is 0 Å². The van der Waals surface area contributed by atoms with E-state index >= 15 is 0 Å². The van der Waals surface area contributed by atoms with E-state index in [4.69, 9.17) is 4.74 Å². The van der Waals surface area contributed by atoms with Crippen molar-refractivity contribution >= 4 is 27.7 Å². The molecule has 1 aromatic carbocycles. The Morgan fingerprint density at radius 3 is 2.55 bits per heavy atom. The topological polar surface area (TPSA) is 58.6 Å². The normalized spacial score (nSPS) is 10.3. The van der Waals surface area contributed by atoms with Crippen molar-refractivity contribution in [2.24, 2.45) is 0 Å². The van der Waals surface area contributed by atoms with Gasteiger partial charge < -0.3 is 15.0 Å². The Kier molecular flexibility index (Phi) is 6.01. The van der Waals surface area contributed by atoms with Gasteiger partial charge in [-0.25, -0.2) is 0 Å². The first-order valence-electron chi connectivity index (χ1n) is 6.23. The van der Waals surface area contributed by atoms with Crippen molar-refractivity contribution in [2.45, 2.75) is 19.9 Å². The third-order valence-electron chi connectivity index (χ3n) is 2.58. The van der Waals surface area contributed by atoms with Gasteiger partial charge in [-0.05, 0) is 48.0 Å². The molecule has 0 aliphatic carbocycles. The molecule has 1 N–H and O–H groups in total. The second kappa shape index (κ2) is 7.28. The van der Waals surface area contributed by atoms with Gasteiger partial charge in [0.1, 0.15) is 5.75 Å². The fraction of sp³-hybridized carbons (Fsp3) is 0.429. The number of halogens is 1. The maximum absolute atomic E-state index is 12.2. The molecule has 0 unspecified atom stereocenters. The van der Waals surface area contributed by atoms with Crippen molar-refractivity contribution in [3.05, 3.63) is 28.2 Å². The van der Waals surface area contributed by atoms with Crippen LogP contribution in [0, 0.1) is 0 Å². The number of carbonyl (C=O) groups excluding carboxylic acids is 2. The van der Waals surface area contributed by atoms with Crippen molar-refractivity contribution in [1.82, 2.24) is 10.2 Å². The summed E-state index contributed by atoms with van der Waals surface area (Å²) in [6.07, 6.45) is 0. The zero-order valence-electron chi connectivity index (χ0n) is 12.1. The first kappa shape index (κ1) is 16.5. The van der Waals surface area contributed by atoms with Crippen LogP contribution in [0.2, 0.25) is 0 Å². The summed E-state index contributed by atoms with van der Waals surface area (Å²) in [6.45, 7) is 3.78. The zero-order valence-corrected chi connectivity index (χ0v) is 13.7. The molecular formula is C14H19BrN2O3. The number of likely N-dealkylation sites (N-methyl/N-ethyl adjacent to an activating group) is 1. The average molecular weight is 343 g/mol. The third kappa shape index (κ3) is 4.52. The van der Waals surface area contributed by atoms with Crippen LogP contribution in [0.3, 0.4) is 0 Å². The molecule has 1 aromatic rings. The number of rotatable bonds is 5. The number of carbonyl (C=O) groups is 2. The quantitative estimate of drug-likeness (QED) is 0.890. The van der Waals surface area contributed by atoms with Gasteiger partial charge in [-0.3, -0.25) is 9.59 Å². The summed E-state index contributed by atoms with van der Waals surface area (Å²) in [4.78, 5) is 25.2. The standard InChI is InChI=1S/C14H19BrN2O3/c1-9(2)16-13(18)8-17(3)14(19)10-5-6-12(20-4)11(15)7-10/h5-7,9H,8H2,1-4H3,(H,16,18). The average Bonchev–Trinajstić information content (AvgIpc) is 2.36. The van der Waals surface area contributed by atoms with E-state index < -0.39 is 0 Å². The van der Waals surface area contributed by atoms with Crippen LogP contribution in [0.1, 0.15) is 24.2 Å². The Balaban J connectivity index is 2.74. The molecule has 1 rings (SSSR count). The number of ether oxygens (including phenoxy) is 1. The molecule has 5 nitrogen and oxygen atoms in total. The third-order valence-corrected chi connectivity index (χ3v) is 3.20. The van der Waals surface area contributed by atoms with E-state index in [0.717, 1.165) is 0 Å². The van der Waals surface area contributed by atoms with E-state index in [-0.39, 0.29) is 24.4 Å². The second-order valence-corrected chi connectivity index (χ2v) is 5.59. The Bertz CT molecular complexity index is 503. The van der Waals surface area contributed by atoms with Crippen molar-refractivity contribution < 1.29 is 14.3 Å². The lowest BCUT2D eigenvalue weighted by Crippen LogP contribution is -2.40. The van der Waals surface area contributed by atoms with E-state index in [2.05, 4.69) is 21.2 Å². The van der Waals surface area contributed by atoms with Gasteiger partial charge in [0, 0.05) is 18.7 Å². The predicted octanol–water partition coefficient (Wildman–Crippen LogP) is 2.05. The number of nitrogens with zero attached hydrogens (tertiary/aromatic N) is 1. The number of amides is 2. The minimum atomic E-state index is -0.216. The summed E-state index contributed by atoms with van der Waals surface area (Å²) in [5.41, 5.74) is 0.498. The van der Waals surface area contributed by atoms with E-state index in [9.17, 15) is 9.59 Å². The molecule has 2 amide bonds. The Morgan fingerprint density at radius 1 is 1.40 bits per heavy atom. The number of methoxy groups -OCH3 is 1. The van der Waals surface area contributed by atoms with Crippen molar-refractivity contribution in [1.29, 1.82) is 0 Å². The fourth-order valence-electron chi connectivity index (χ4n) is 1.67. The lowest BCUT2D eigenvalue weighted by atomic mass is 10.2. The maximum atomic E-state index is 12.2. The summed E-state index contributed by atoms with van der Waals surface area (Å²) in [7, 11) is 3.16. The summed E-state index contributed by atoms with van der Waals surface area (Å²) >= 11 is 3.33. The van der Waals surface area contributed by atoms with Crippen LogP contribution in [0.5, 0.6) is 5.75 Å². The zero-order chi connectivity index (χ0) is 15.3. The van der Waals surface area contributed by atoms with Crippen LogP contribution in [-0.2, 0) is 4.79 Å². The van der Waals surface area contributed by atoms with Gasteiger partial charge in [0.15, 0.2) is 0 Å². The molecular weight excluding hydrogens is 324 g/mol. The van der Waals surface area contributed by atoms with Gasteiger partial charge >= 0.3 is 0 Å². The number of hydrogen-bond acceptors (Lipinski definition) is 3. The second-order valence-electron chi connectivity index (χ2n) is 4.73. The van der Waals surface area contributed by atoms with E-state index in [1.54, 1.807) is 32.4 Å². The van der Waals surface area contributed by atoms with Gasteiger partial charge in [0.2, 0.25) is 5.91 Å². The highest BCUT2D eigenvalue weighted by Crippen LogP contribution is 2.25. The van der Waals surface area contributed by atoms with Crippen molar-refractivity contribution in [2.75, 3.05) is 20.7 Å². The van der Waals surface area contributed by atoms with Crippen LogP contribution in [0.15, 0.2) is 22.7 Å². The summed E-state index contributed by atoms with van der Waals surface area (Å²) < 4.78 is 5.81. The molecule has 0 heterocycles. The molecule has 0 aliphatic heterocycles. The molecule has 0 spiro atoms. The van der Waals surface area contributed by atoms with E-state index in [0.29, 0.717) is 15.8 Å². The molecule has 0 fully saturated rings. The molecule has 0 bridgehead atoms. The monoisotopic (exact) mass is 342 g/mol. The molecule has 0 aliphatic rings. The largest absolute Gasteiger partial charge is 0.496 e. The Labute approximate surface area is 127 Å². The number of hydrogen-bond donors (Lipinski definition) is 1. The first-order valence-corrected chi connectivity index (χ1v) is 7.02. The Hall–Kier alpha value is -1.56. The summed E-state index contributed by atoms with van der Waals surface area (Å²) in [5.74, 6) is 0.262. The predicted molar refractivity (Wildman–Crippen MR) is 80.9 cm³/mol. The highest BCUT2D eigenvalue weighted by Gasteiger charge is 2.16. The van der Waals surface area contributed by atoms with Gasteiger partial charge in [-0.1, -0.05) is 0 Å². The van der Waals surface area contributed by atoms with Crippen molar-refractivity contribution in [3.8, 4) is 5.75 Å². The first-order chi connectivity index (χ1) is 9.35. The van der Waals surface area contributed by atoms with Crippen LogP contribution < -0.4 is 10.1 Å². The van der Waals surface area contributed by atoms with Gasteiger partial charge in [0.25, 0.3) is 5.91 Å². The van der Waals surface area contributed by atoms with Crippen LogP contribution in [0.25, 0.3) is 0 Å². The molecule has 0 radical (unpaired) electrons. The summed E-state index contributed by atoms with van der Waals surface area (Å²) in [5, 5.41) is 2.75. The molecule has 0 aromatic heterocycles. The van der Waals surface area contributed by atoms with Crippen LogP contribution in [-0.4, -0.2) is 43.5 Å². The molecule has 0 saturated heterocycles. The molecule has 20 heavy (non-hydrogen) atoms. The Morgan fingerprint density at radius 2 is 2.05 bits per heavy atom. The molecule has 110 valence electrons. The lowest BCUT2D eigenvalue weighted by molar-refractivity contribution is -0.122. The van der Waals surface area contributed by atoms with Crippen molar-refractivity contribution in [3.63, 3.8) is 0 Å². The van der Waals surface area contributed by atoms with Gasteiger partial charge in [0.05, 0.1) is 18.1 Å². The van der Waals surface area contributed by atoms with Gasteiger partial charge in [-0.15, -0.1) is 0 Å².